The molecule has 19 heavy (non-hydrogen) atoms. The van der Waals surface area contributed by atoms with Crippen LogP contribution in [0.2, 0.25) is 18.1 Å². The Morgan fingerprint density at radius 1 is 1.05 bits per heavy atom. The lowest BCUT2D eigenvalue weighted by atomic mass is 10.0. The van der Waals surface area contributed by atoms with Gasteiger partial charge in [-0.3, -0.25) is 0 Å². The number of hydrogen-bond donors (Lipinski definition) is 0. The van der Waals surface area contributed by atoms with Gasteiger partial charge in [-0.1, -0.05) is 32.9 Å². The summed E-state index contributed by atoms with van der Waals surface area (Å²) in [5.74, 6) is 0.104. The highest BCUT2D eigenvalue weighted by Crippen LogP contribution is 2.37. The second-order valence-electron chi connectivity index (χ2n) is 6.12. The first-order valence-corrected chi connectivity index (χ1v) is 9.20. The Morgan fingerprint density at radius 3 is 1.89 bits per heavy atom. The molecule has 0 bridgehead atoms. The normalized spacial score (nSPS) is 11.8. The fourth-order valence-electron chi connectivity index (χ4n) is 1.35. The fourth-order valence-corrected chi connectivity index (χ4v) is 2.39. The average Bonchev–Trinajstić information content (AvgIpc) is 2.31. The standard InChI is InChI=1S/C15H20N2OSi/c1-15(2,3)19(4,5)18-14-8-6-12(7-9-14)13(10-16)11-17/h6-9,13H,1-5H3. The predicted molar refractivity (Wildman–Crippen MR) is 78.2 cm³/mol. The van der Waals surface area contributed by atoms with Crippen molar-refractivity contribution in [2.45, 2.75) is 44.8 Å². The van der Waals surface area contributed by atoms with E-state index in [1.165, 1.54) is 0 Å². The highest BCUT2D eigenvalue weighted by atomic mass is 28.4. The number of nitrogens with zero attached hydrogens (tertiary/aromatic N) is 2. The summed E-state index contributed by atoms with van der Waals surface area (Å²) in [5, 5.41) is 17.8. The quantitative estimate of drug-likeness (QED) is 0.775. The molecular formula is C15H20N2OSi. The minimum Gasteiger partial charge on any atom is -0.544 e. The third-order valence-corrected chi connectivity index (χ3v) is 8.01. The van der Waals surface area contributed by atoms with Crippen LogP contribution in [0.1, 0.15) is 32.3 Å². The maximum Gasteiger partial charge on any atom is 0.250 e. The molecule has 0 unspecified atom stereocenters. The van der Waals surface area contributed by atoms with Crippen molar-refractivity contribution in [3.05, 3.63) is 29.8 Å². The molecule has 0 aliphatic heterocycles. The van der Waals surface area contributed by atoms with Gasteiger partial charge in [0.05, 0.1) is 12.1 Å². The number of nitriles is 2. The van der Waals surface area contributed by atoms with Crippen LogP contribution in [0.25, 0.3) is 0 Å². The van der Waals surface area contributed by atoms with E-state index in [1.54, 1.807) is 12.1 Å². The van der Waals surface area contributed by atoms with Crippen LogP contribution in [0, 0.1) is 22.7 Å². The zero-order chi connectivity index (χ0) is 14.7. The van der Waals surface area contributed by atoms with E-state index in [9.17, 15) is 0 Å². The van der Waals surface area contributed by atoms with Crippen molar-refractivity contribution in [1.82, 2.24) is 0 Å². The van der Waals surface area contributed by atoms with E-state index in [-0.39, 0.29) is 5.04 Å². The Balaban J connectivity index is 2.91. The first-order valence-electron chi connectivity index (χ1n) is 6.29. The highest BCUT2D eigenvalue weighted by molar-refractivity contribution is 6.74. The molecular weight excluding hydrogens is 252 g/mol. The molecule has 0 atom stereocenters. The molecule has 0 aliphatic carbocycles. The first kappa shape index (κ1) is 15.3. The summed E-state index contributed by atoms with van der Waals surface area (Å²) in [4.78, 5) is 0. The van der Waals surface area contributed by atoms with E-state index in [4.69, 9.17) is 14.9 Å². The summed E-state index contributed by atoms with van der Waals surface area (Å²) in [6, 6.07) is 11.2. The van der Waals surface area contributed by atoms with Gasteiger partial charge in [-0.25, -0.2) is 0 Å². The van der Waals surface area contributed by atoms with Gasteiger partial charge >= 0.3 is 0 Å². The molecule has 4 heteroatoms. The molecule has 0 aromatic heterocycles. The van der Waals surface area contributed by atoms with Crippen LogP contribution in [0.15, 0.2) is 24.3 Å². The molecule has 0 aliphatic rings. The lowest BCUT2D eigenvalue weighted by Crippen LogP contribution is -2.43. The summed E-state index contributed by atoms with van der Waals surface area (Å²) in [7, 11) is -1.84. The van der Waals surface area contributed by atoms with Gasteiger partial charge < -0.3 is 4.43 Å². The summed E-state index contributed by atoms with van der Waals surface area (Å²) >= 11 is 0. The number of rotatable bonds is 3. The first-order chi connectivity index (χ1) is 8.71. The zero-order valence-electron chi connectivity index (χ0n) is 12.2. The third-order valence-electron chi connectivity index (χ3n) is 3.65. The molecule has 0 radical (unpaired) electrons. The van der Waals surface area contributed by atoms with Gasteiger partial charge in [-0.15, -0.1) is 0 Å². The summed E-state index contributed by atoms with van der Waals surface area (Å²) in [6.45, 7) is 10.9. The van der Waals surface area contributed by atoms with Gasteiger partial charge in [0.15, 0.2) is 5.92 Å². The molecule has 0 amide bonds. The topological polar surface area (TPSA) is 56.8 Å². The summed E-state index contributed by atoms with van der Waals surface area (Å²) in [5.41, 5.74) is 0.715. The second kappa shape index (κ2) is 5.46. The monoisotopic (exact) mass is 272 g/mol. The van der Waals surface area contributed by atoms with E-state index in [1.807, 2.05) is 24.3 Å². The molecule has 0 fully saturated rings. The van der Waals surface area contributed by atoms with Crippen LogP contribution < -0.4 is 4.43 Å². The maximum atomic E-state index is 8.84. The SMILES string of the molecule is CC(C)(C)[Si](C)(C)Oc1ccc(C(C#N)C#N)cc1. The number of benzene rings is 1. The van der Waals surface area contributed by atoms with Crippen LogP contribution in [-0.2, 0) is 0 Å². The molecule has 0 saturated heterocycles. The van der Waals surface area contributed by atoms with Crippen molar-refractivity contribution < 1.29 is 4.43 Å². The lowest BCUT2D eigenvalue weighted by molar-refractivity contribution is 0.492. The van der Waals surface area contributed by atoms with Crippen LogP contribution in [0.4, 0.5) is 0 Å². The van der Waals surface area contributed by atoms with Crippen molar-refractivity contribution in [1.29, 1.82) is 10.5 Å². The van der Waals surface area contributed by atoms with Crippen molar-refractivity contribution >= 4 is 8.32 Å². The predicted octanol–water partition coefficient (Wildman–Crippen LogP) is 4.20. The third kappa shape index (κ3) is 3.59. The van der Waals surface area contributed by atoms with E-state index >= 15 is 0 Å². The van der Waals surface area contributed by atoms with Gasteiger partial charge in [0.1, 0.15) is 5.75 Å². The Morgan fingerprint density at radius 2 is 1.53 bits per heavy atom. The van der Waals surface area contributed by atoms with E-state index in [0.717, 1.165) is 5.75 Å². The molecule has 1 aromatic rings. The molecule has 0 heterocycles. The molecule has 0 saturated carbocycles. The molecule has 1 rings (SSSR count). The van der Waals surface area contributed by atoms with E-state index < -0.39 is 14.2 Å². The Kier molecular flexibility index (Phi) is 4.39. The molecule has 3 nitrogen and oxygen atoms in total. The van der Waals surface area contributed by atoms with Gasteiger partial charge in [-0.2, -0.15) is 10.5 Å². The van der Waals surface area contributed by atoms with E-state index in [0.29, 0.717) is 5.56 Å². The summed E-state index contributed by atoms with van der Waals surface area (Å²) < 4.78 is 6.14. The van der Waals surface area contributed by atoms with Crippen molar-refractivity contribution in [2.24, 2.45) is 0 Å². The van der Waals surface area contributed by atoms with Gasteiger partial charge in [0, 0.05) is 0 Å². The minimum absolute atomic E-state index is 0.146. The van der Waals surface area contributed by atoms with Crippen LogP contribution in [0.3, 0.4) is 0 Å². The van der Waals surface area contributed by atoms with Crippen LogP contribution in [0.5, 0.6) is 5.75 Å². The fraction of sp³-hybridized carbons (Fsp3) is 0.467. The maximum absolute atomic E-state index is 8.84. The Bertz CT molecular complexity index is 501. The largest absolute Gasteiger partial charge is 0.544 e. The molecule has 100 valence electrons. The molecule has 0 spiro atoms. The lowest BCUT2D eigenvalue weighted by Gasteiger charge is -2.36. The van der Waals surface area contributed by atoms with E-state index in [2.05, 4.69) is 33.9 Å². The molecule has 0 N–H and O–H groups in total. The Labute approximate surface area is 116 Å². The highest BCUT2D eigenvalue weighted by Gasteiger charge is 2.38. The number of hydrogen-bond acceptors (Lipinski definition) is 3. The van der Waals surface area contributed by atoms with Gasteiger partial charge in [-0.05, 0) is 35.8 Å². The van der Waals surface area contributed by atoms with Gasteiger partial charge in [0.2, 0.25) is 8.32 Å². The average molecular weight is 272 g/mol. The van der Waals surface area contributed by atoms with Crippen molar-refractivity contribution in [2.75, 3.05) is 0 Å². The minimum atomic E-state index is -1.84. The second-order valence-corrected chi connectivity index (χ2v) is 10.8. The van der Waals surface area contributed by atoms with Crippen molar-refractivity contribution in [3.63, 3.8) is 0 Å². The Hall–Kier alpha value is -1.78. The van der Waals surface area contributed by atoms with Crippen LogP contribution >= 0.6 is 0 Å². The van der Waals surface area contributed by atoms with Gasteiger partial charge in [0.25, 0.3) is 0 Å². The van der Waals surface area contributed by atoms with Crippen molar-refractivity contribution in [3.8, 4) is 17.9 Å². The zero-order valence-corrected chi connectivity index (χ0v) is 13.2. The van der Waals surface area contributed by atoms with Crippen LogP contribution in [-0.4, -0.2) is 8.32 Å². The molecule has 1 aromatic carbocycles. The summed E-state index contributed by atoms with van der Waals surface area (Å²) in [6.07, 6.45) is 0. The smallest absolute Gasteiger partial charge is 0.250 e.